The average molecular weight is 547 g/mol. The third-order valence-corrected chi connectivity index (χ3v) is 7.03. The zero-order valence-corrected chi connectivity index (χ0v) is 19.6. The van der Waals surface area contributed by atoms with E-state index >= 15 is 0 Å². The van der Waals surface area contributed by atoms with Gasteiger partial charge in [0.05, 0.1) is 20.9 Å². The number of nitro groups is 1. The predicted molar refractivity (Wildman–Crippen MR) is 123 cm³/mol. The molecule has 11 nitrogen and oxygen atoms in total. The molecule has 3 amide bonds. The van der Waals surface area contributed by atoms with E-state index in [4.69, 9.17) is 0 Å². The molecule has 4 rings (SSSR count). The molecule has 0 aliphatic carbocycles. The fraction of sp³-hybridized carbons (Fsp3) is 0.0952. The van der Waals surface area contributed by atoms with E-state index in [1.807, 2.05) is 17.0 Å². The highest BCUT2D eigenvalue weighted by atomic mass is 79.9. The molecule has 0 saturated heterocycles. The Morgan fingerprint density at radius 2 is 1.74 bits per heavy atom. The van der Waals surface area contributed by atoms with E-state index in [1.165, 1.54) is 18.2 Å². The average Bonchev–Trinajstić information content (AvgIpc) is 3.05. The quantitative estimate of drug-likeness (QED) is 0.262. The van der Waals surface area contributed by atoms with Crippen molar-refractivity contribution in [2.24, 2.45) is 0 Å². The van der Waals surface area contributed by atoms with Gasteiger partial charge in [-0.25, -0.2) is 8.42 Å². The molecule has 0 saturated carbocycles. The largest absolute Gasteiger partial charge is 0.278 e. The number of fused-ring (bicyclic) bond motifs is 2. The van der Waals surface area contributed by atoms with E-state index in [1.54, 1.807) is 12.1 Å². The van der Waals surface area contributed by atoms with Gasteiger partial charge in [0.15, 0.2) is 0 Å². The van der Waals surface area contributed by atoms with E-state index in [0.717, 1.165) is 22.4 Å². The van der Waals surface area contributed by atoms with Crippen molar-refractivity contribution in [3.05, 3.63) is 80.3 Å². The minimum absolute atomic E-state index is 0.00130. The highest BCUT2D eigenvalue weighted by Gasteiger charge is 2.36. The minimum atomic E-state index is -4.11. The summed E-state index contributed by atoms with van der Waals surface area (Å²) in [5.41, 5.74) is 1.59. The maximum absolute atomic E-state index is 12.6. The normalized spacial score (nSPS) is 13.3. The first-order valence-electron chi connectivity index (χ1n) is 9.72. The molecule has 34 heavy (non-hydrogen) atoms. The van der Waals surface area contributed by atoms with Gasteiger partial charge in [0.2, 0.25) is 5.91 Å². The minimum Gasteiger partial charge on any atom is -0.278 e. The number of nitrogens with zero attached hydrogens (tertiary/aromatic N) is 2. The number of halogens is 1. The number of nitro benzene ring substituents is 1. The molecule has 0 atom stereocenters. The van der Waals surface area contributed by atoms with Crippen LogP contribution in [0.5, 0.6) is 0 Å². The number of hydrazine groups is 1. The Hall–Kier alpha value is -3.68. The summed E-state index contributed by atoms with van der Waals surface area (Å²) in [5, 5.41) is 12.4. The number of amides is 3. The maximum Gasteiger partial charge on any atom is 0.270 e. The molecule has 0 bridgehead atoms. The van der Waals surface area contributed by atoms with Crippen LogP contribution in [0.4, 0.5) is 5.69 Å². The van der Waals surface area contributed by atoms with Gasteiger partial charge in [0, 0.05) is 29.6 Å². The first-order valence-corrected chi connectivity index (χ1v) is 12.0. The number of imide groups is 1. The Kier molecular flexibility index (Phi) is 6.17. The van der Waals surface area contributed by atoms with Gasteiger partial charge in [-0.15, -0.1) is 4.83 Å². The first-order chi connectivity index (χ1) is 16.1. The Morgan fingerprint density at radius 1 is 1.03 bits per heavy atom. The lowest BCUT2D eigenvalue weighted by Crippen LogP contribution is -2.43. The molecule has 3 aromatic carbocycles. The Labute approximate surface area is 201 Å². The second-order valence-corrected chi connectivity index (χ2v) is 9.82. The number of hydrogen-bond acceptors (Lipinski definition) is 7. The van der Waals surface area contributed by atoms with Crippen LogP contribution in [0.25, 0.3) is 10.8 Å². The predicted octanol–water partition coefficient (Wildman–Crippen LogP) is 2.51. The van der Waals surface area contributed by atoms with E-state index in [2.05, 4.69) is 21.4 Å². The summed E-state index contributed by atoms with van der Waals surface area (Å²) >= 11 is 3.33. The zero-order valence-electron chi connectivity index (χ0n) is 17.1. The topological polar surface area (TPSA) is 156 Å². The van der Waals surface area contributed by atoms with Crippen molar-refractivity contribution in [3.8, 4) is 0 Å². The van der Waals surface area contributed by atoms with Gasteiger partial charge in [-0.05, 0) is 29.0 Å². The van der Waals surface area contributed by atoms with E-state index in [9.17, 15) is 32.9 Å². The highest BCUT2D eigenvalue weighted by molar-refractivity contribution is 9.10. The Balaban J connectivity index is 1.39. The summed E-state index contributed by atoms with van der Waals surface area (Å²) in [6.45, 7) is -0.338. The van der Waals surface area contributed by atoms with Crippen LogP contribution in [0.1, 0.15) is 27.1 Å². The van der Waals surface area contributed by atoms with Gasteiger partial charge >= 0.3 is 0 Å². The maximum atomic E-state index is 12.6. The van der Waals surface area contributed by atoms with Crippen molar-refractivity contribution in [2.75, 3.05) is 6.54 Å². The molecular weight excluding hydrogens is 532 g/mol. The van der Waals surface area contributed by atoms with Crippen LogP contribution in [0, 0.1) is 10.1 Å². The monoisotopic (exact) mass is 546 g/mol. The van der Waals surface area contributed by atoms with Crippen LogP contribution >= 0.6 is 15.9 Å². The molecule has 1 heterocycles. The molecule has 1 aliphatic rings. The molecule has 3 aromatic rings. The molecule has 1 aliphatic heterocycles. The fourth-order valence-electron chi connectivity index (χ4n) is 3.45. The third-order valence-electron chi connectivity index (χ3n) is 5.15. The molecular formula is C21H15BrN4O7S. The first kappa shape index (κ1) is 23.5. The second-order valence-electron chi connectivity index (χ2n) is 7.28. The van der Waals surface area contributed by atoms with E-state index in [0.29, 0.717) is 9.86 Å². The van der Waals surface area contributed by atoms with Crippen LogP contribution in [0.15, 0.2) is 64.0 Å². The van der Waals surface area contributed by atoms with Crippen LogP contribution in [0.2, 0.25) is 0 Å². The SMILES string of the molecule is O=C(CCN1C(=O)c2ccc([N+](=O)[O-])cc2C1=O)NNS(=O)(=O)c1cc(Br)c2ccccc2c1. The molecule has 0 aromatic heterocycles. The smallest absolute Gasteiger partial charge is 0.270 e. The van der Waals surface area contributed by atoms with Crippen molar-refractivity contribution in [3.63, 3.8) is 0 Å². The number of non-ortho nitro benzene ring substituents is 1. The lowest BCUT2D eigenvalue weighted by molar-refractivity contribution is -0.384. The fourth-order valence-corrected chi connectivity index (χ4v) is 5.13. The Bertz CT molecular complexity index is 1490. The zero-order chi connectivity index (χ0) is 24.6. The molecule has 0 unspecified atom stereocenters. The summed E-state index contributed by atoms with van der Waals surface area (Å²) in [6.07, 6.45) is -0.391. The summed E-state index contributed by atoms with van der Waals surface area (Å²) < 4.78 is 25.8. The number of sulfonamides is 1. The highest BCUT2D eigenvalue weighted by Crippen LogP contribution is 2.28. The van der Waals surface area contributed by atoms with E-state index < -0.39 is 39.1 Å². The number of carbonyl (C=O) groups is 3. The van der Waals surface area contributed by atoms with Crippen LogP contribution in [-0.4, -0.2) is 42.5 Å². The van der Waals surface area contributed by atoms with Crippen LogP contribution in [-0.2, 0) is 14.8 Å². The van der Waals surface area contributed by atoms with Gasteiger partial charge in [0.1, 0.15) is 0 Å². The lowest BCUT2D eigenvalue weighted by Gasteiger charge is -2.14. The molecule has 2 N–H and O–H groups in total. The Morgan fingerprint density at radius 3 is 2.47 bits per heavy atom. The molecule has 0 radical (unpaired) electrons. The number of hydrogen-bond donors (Lipinski definition) is 2. The molecule has 0 spiro atoms. The standard InChI is InChI=1S/C21H15BrN4O7S/c22-18-11-14(9-12-3-1-2-4-15(12)18)34(32,33)24-23-19(27)7-8-25-20(28)16-6-5-13(26(30)31)10-17(16)21(25)29/h1-6,9-11,24H,7-8H2,(H,23,27). The van der Waals surface area contributed by atoms with Crippen LogP contribution < -0.4 is 10.3 Å². The van der Waals surface area contributed by atoms with Gasteiger partial charge in [-0.2, -0.15) is 0 Å². The molecule has 174 valence electrons. The third kappa shape index (κ3) is 4.40. The molecule has 0 fully saturated rings. The van der Waals surface area contributed by atoms with Crippen molar-refractivity contribution in [2.45, 2.75) is 11.3 Å². The summed E-state index contributed by atoms with van der Waals surface area (Å²) in [6, 6.07) is 13.3. The number of benzene rings is 3. The second kappa shape index (κ2) is 8.93. The molecule has 13 heteroatoms. The summed E-state index contributed by atoms with van der Waals surface area (Å²) in [4.78, 5) is 50.0. The van der Waals surface area contributed by atoms with Crippen molar-refractivity contribution >= 4 is 60.1 Å². The van der Waals surface area contributed by atoms with Crippen molar-refractivity contribution in [1.29, 1.82) is 0 Å². The van der Waals surface area contributed by atoms with E-state index in [-0.39, 0.29) is 28.3 Å². The van der Waals surface area contributed by atoms with Gasteiger partial charge in [-0.1, -0.05) is 40.2 Å². The summed E-state index contributed by atoms with van der Waals surface area (Å²) in [5.74, 6) is -2.24. The summed E-state index contributed by atoms with van der Waals surface area (Å²) in [7, 11) is -4.11. The van der Waals surface area contributed by atoms with Crippen LogP contribution in [0.3, 0.4) is 0 Å². The van der Waals surface area contributed by atoms with Gasteiger partial charge in [0.25, 0.3) is 27.5 Å². The van der Waals surface area contributed by atoms with Crippen molar-refractivity contribution in [1.82, 2.24) is 15.2 Å². The van der Waals surface area contributed by atoms with Gasteiger partial charge in [-0.3, -0.25) is 34.8 Å². The lowest BCUT2D eigenvalue weighted by atomic mass is 10.1. The number of nitrogens with one attached hydrogen (secondary N) is 2. The van der Waals surface area contributed by atoms with Gasteiger partial charge < -0.3 is 0 Å². The number of rotatable bonds is 7. The number of carbonyl (C=O) groups excluding carboxylic acids is 3. The van der Waals surface area contributed by atoms with Crippen molar-refractivity contribution < 1.29 is 27.7 Å².